The summed E-state index contributed by atoms with van der Waals surface area (Å²) in [6.07, 6.45) is 6.68. The number of fused-ring (bicyclic) bond motifs is 2. The van der Waals surface area contributed by atoms with E-state index in [-0.39, 0.29) is 12.5 Å². The molecule has 1 saturated heterocycles. The van der Waals surface area contributed by atoms with Crippen LogP contribution in [0, 0.1) is 0 Å². The van der Waals surface area contributed by atoms with Crippen LogP contribution in [0.15, 0.2) is 18.2 Å². The second-order valence-electron chi connectivity index (χ2n) is 8.38. The minimum atomic E-state index is 0.0774. The van der Waals surface area contributed by atoms with Crippen molar-refractivity contribution in [1.82, 2.24) is 25.0 Å². The SMILES string of the molecule is O=C(COc1ccc2c(c1)CCCC2)N1CCC(c2nnc3n2CCNC3)CC1. The van der Waals surface area contributed by atoms with Crippen molar-refractivity contribution >= 4 is 5.91 Å². The fourth-order valence-electron chi connectivity index (χ4n) is 4.84. The van der Waals surface area contributed by atoms with Crippen LogP contribution in [0.3, 0.4) is 0 Å². The maximum absolute atomic E-state index is 12.6. The van der Waals surface area contributed by atoms with Crippen molar-refractivity contribution in [2.45, 2.75) is 57.5 Å². The number of likely N-dealkylation sites (tertiary alicyclic amines) is 1. The smallest absolute Gasteiger partial charge is 0.260 e. The molecular weight excluding hydrogens is 366 g/mol. The molecule has 0 radical (unpaired) electrons. The molecule has 0 bridgehead atoms. The molecule has 1 fully saturated rings. The molecule has 0 unspecified atom stereocenters. The predicted octanol–water partition coefficient (Wildman–Crippen LogP) is 2.05. The molecule has 3 heterocycles. The molecule has 154 valence electrons. The zero-order valence-corrected chi connectivity index (χ0v) is 16.9. The molecular formula is C22H29N5O2. The lowest BCUT2D eigenvalue weighted by Crippen LogP contribution is -2.41. The van der Waals surface area contributed by atoms with Crippen LogP contribution in [0.5, 0.6) is 5.75 Å². The fourth-order valence-corrected chi connectivity index (χ4v) is 4.84. The Kier molecular flexibility index (Phi) is 5.23. The Bertz CT molecular complexity index is 885. The molecule has 0 saturated carbocycles. The van der Waals surface area contributed by atoms with Gasteiger partial charge in [0.1, 0.15) is 17.4 Å². The van der Waals surface area contributed by atoms with Gasteiger partial charge in [-0.25, -0.2) is 0 Å². The topological polar surface area (TPSA) is 72.3 Å². The number of carbonyl (C=O) groups is 1. The van der Waals surface area contributed by atoms with Crippen LogP contribution in [0.4, 0.5) is 0 Å². The first-order valence-corrected chi connectivity index (χ1v) is 10.9. The predicted molar refractivity (Wildman–Crippen MR) is 109 cm³/mol. The molecule has 0 spiro atoms. The highest BCUT2D eigenvalue weighted by atomic mass is 16.5. The average molecular weight is 396 g/mol. The lowest BCUT2D eigenvalue weighted by Gasteiger charge is -2.32. The molecule has 1 aromatic carbocycles. The van der Waals surface area contributed by atoms with Gasteiger partial charge < -0.3 is 19.5 Å². The van der Waals surface area contributed by atoms with Gasteiger partial charge in [0.05, 0.1) is 6.54 Å². The van der Waals surface area contributed by atoms with E-state index < -0.39 is 0 Å². The maximum atomic E-state index is 12.6. The third kappa shape index (κ3) is 3.88. The fraction of sp³-hybridized carbons (Fsp3) is 0.591. The van der Waals surface area contributed by atoms with Crippen molar-refractivity contribution in [3.8, 4) is 5.75 Å². The number of nitrogens with zero attached hydrogens (tertiary/aromatic N) is 4. The van der Waals surface area contributed by atoms with Gasteiger partial charge in [-0.3, -0.25) is 4.79 Å². The van der Waals surface area contributed by atoms with Gasteiger partial charge in [0.15, 0.2) is 6.61 Å². The standard InChI is InChI=1S/C22H29N5O2/c28-21(15-29-19-6-5-16-3-1-2-4-18(16)13-19)26-10-7-17(8-11-26)22-25-24-20-14-23-9-12-27(20)22/h5-6,13,17,23H,1-4,7-12,14-15H2. The highest BCUT2D eigenvalue weighted by molar-refractivity contribution is 5.77. The van der Waals surface area contributed by atoms with Crippen molar-refractivity contribution in [2.24, 2.45) is 0 Å². The number of carbonyl (C=O) groups excluding carboxylic acids is 1. The van der Waals surface area contributed by atoms with E-state index in [1.165, 1.54) is 24.0 Å². The van der Waals surface area contributed by atoms with Gasteiger partial charge in [-0.15, -0.1) is 10.2 Å². The number of hydrogen-bond acceptors (Lipinski definition) is 5. The lowest BCUT2D eigenvalue weighted by atomic mass is 9.92. The normalized spacial score (nSPS) is 19.5. The summed E-state index contributed by atoms with van der Waals surface area (Å²) in [4.78, 5) is 14.6. The van der Waals surface area contributed by atoms with Crippen molar-refractivity contribution in [3.63, 3.8) is 0 Å². The Morgan fingerprint density at radius 1 is 1.10 bits per heavy atom. The first-order chi connectivity index (χ1) is 14.3. The minimum absolute atomic E-state index is 0.0774. The number of piperidine rings is 1. The van der Waals surface area contributed by atoms with Gasteiger partial charge in [-0.2, -0.15) is 0 Å². The van der Waals surface area contributed by atoms with Crippen molar-refractivity contribution < 1.29 is 9.53 Å². The Balaban J connectivity index is 1.14. The van der Waals surface area contributed by atoms with E-state index in [1.54, 1.807) is 0 Å². The number of aromatic nitrogens is 3. The van der Waals surface area contributed by atoms with E-state index in [0.717, 1.165) is 75.8 Å². The summed E-state index contributed by atoms with van der Waals surface area (Å²) < 4.78 is 8.10. The highest BCUT2D eigenvalue weighted by Crippen LogP contribution is 2.28. The van der Waals surface area contributed by atoms with E-state index in [9.17, 15) is 4.79 Å². The molecule has 1 amide bonds. The Labute approximate surface area is 171 Å². The summed E-state index contributed by atoms with van der Waals surface area (Å²) in [6.45, 7) is 4.34. The molecule has 2 aromatic rings. The second kappa shape index (κ2) is 8.14. The summed E-state index contributed by atoms with van der Waals surface area (Å²) in [5, 5.41) is 12.1. The molecule has 1 N–H and O–H groups in total. The Hall–Kier alpha value is -2.41. The van der Waals surface area contributed by atoms with Gasteiger partial charge in [0, 0.05) is 32.1 Å². The summed E-state index contributed by atoms with van der Waals surface area (Å²) in [6, 6.07) is 6.29. The summed E-state index contributed by atoms with van der Waals surface area (Å²) in [7, 11) is 0. The maximum Gasteiger partial charge on any atom is 0.260 e. The van der Waals surface area contributed by atoms with Gasteiger partial charge in [-0.05, 0) is 61.8 Å². The number of ether oxygens (including phenoxy) is 1. The first kappa shape index (κ1) is 18.6. The molecule has 29 heavy (non-hydrogen) atoms. The molecule has 7 heteroatoms. The van der Waals surface area contributed by atoms with E-state index in [2.05, 4.69) is 32.2 Å². The number of benzene rings is 1. The van der Waals surface area contributed by atoms with Gasteiger partial charge in [0.2, 0.25) is 0 Å². The third-order valence-electron chi connectivity index (χ3n) is 6.55. The van der Waals surface area contributed by atoms with Crippen molar-refractivity contribution in [3.05, 3.63) is 41.0 Å². The van der Waals surface area contributed by atoms with Crippen LogP contribution in [-0.4, -0.2) is 51.8 Å². The van der Waals surface area contributed by atoms with Crippen LogP contribution < -0.4 is 10.1 Å². The largest absolute Gasteiger partial charge is 0.484 e. The quantitative estimate of drug-likeness (QED) is 0.858. The van der Waals surface area contributed by atoms with Crippen LogP contribution in [0.1, 0.15) is 54.4 Å². The van der Waals surface area contributed by atoms with Gasteiger partial charge >= 0.3 is 0 Å². The average Bonchev–Trinajstić information content (AvgIpc) is 3.21. The molecule has 0 atom stereocenters. The van der Waals surface area contributed by atoms with E-state index in [1.807, 2.05) is 11.0 Å². The van der Waals surface area contributed by atoms with Crippen LogP contribution >= 0.6 is 0 Å². The zero-order valence-electron chi connectivity index (χ0n) is 16.9. The first-order valence-electron chi connectivity index (χ1n) is 10.9. The Morgan fingerprint density at radius 3 is 2.79 bits per heavy atom. The number of hydrogen-bond donors (Lipinski definition) is 1. The molecule has 1 aliphatic carbocycles. The molecule has 2 aliphatic heterocycles. The molecule has 5 rings (SSSR count). The van der Waals surface area contributed by atoms with Gasteiger partial charge in [-0.1, -0.05) is 6.07 Å². The molecule has 1 aromatic heterocycles. The number of rotatable bonds is 4. The number of amides is 1. The third-order valence-corrected chi connectivity index (χ3v) is 6.55. The zero-order chi connectivity index (χ0) is 19.6. The minimum Gasteiger partial charge on any atom is -0.484 e. The van der Waals surface area contributed by atoms with Crippen LogP contribution in [-0.2, 0) is 30.7 Å². The van der Waals surface area contributed by atoms with E-state index >= 15 is 0 Å². The van der Waals surface area contributed by atoms with E-state index in [0.29, 0.717) is 5.92 Å². The van der Waals surface area contributed by atoms with Crippen molar-refractivity contribution in [1.29, 1.82) is 0 Å². The summed E-state index contributed by atoms with van der Waals surface area (Å²) in [5.41, 5.74) is 2.82. The van der Waals surface area contributed by atoms with Crippen LogP contribution in [0.25, 0.3) is 0 Å². The molecule has 3 aliphatic rings. The summed E-state index contributed by atoms with van der Waals surface area (Å²) >= 11 is 0. The van der Waals surface area contributed by atoms with Gasteiger partial charge in [0.25, 0.3) is 5.91 Å². The lowest BCUT2D eigenvalue weighted by molar-refractivity contribution is -0.134. The monoisotopic (exact) mass is 395 g/mol. The highest BCUT2D eigenvalue weighted by Gasteiger charge is 2.28. The number of aryl methyl sites for hydroxylation is 2. The van der Waals surface area contributed by atoms with E-state index in [4.69, 9.17) is 4.74 Å². The van der Waals surface area contributed by atoms with Crippen LogP contribution in [0.2, 0.25) is 0 Å². The molecule has 7 nitrogen and oxygen atoms in total. The summed E-state index contributed by atoms with van der Waals surface area (Å²) in [5.74, 6) is 3.41. The second-order valence-corrected chi connectivity index (χ2v) is 8.38. The Morgan fingerprint density at radius 2 is 1.93 bits per heavy atom. The number of nitrogens with one attached hydrogen (secondary N) is 1. The van der Waals surface area contributed by atoms with Crippen molar-refractivity contribution in [2.75, 3.05) is 26.2 Å².